The second kappa shape index (κ2) is 9.83. The first kappa shape index (κ1) is 23.6. The number of allylic oxidation sites excluding steroid dienone is 1. The molecule has 4 heterocycles. The molecule has 3 aliphatic rings. The average Bonchev–Trinajstić information content (AvgIpc) is 3.54. The summed E-state index contributed by atoms with van der Waals surface area (Å²) in [6.45, 7) is 5.12. The number of fused-ring (bicyclic) bond motifs is 2. The number of anilines is 2. The van der Waals surface area contributed by atoms with Crippen molar-refractivity contribution in [2.24, 2.45) is 0 Å². The third kappa shape index (κ3) is 4.23. The van der Waals surface area contributed by atoms with Crippen LogP contribution in [0.15, 0.2) is 24.4 Å². The summed E-state index contributed by atoms with van der Waals surface area (Å²) in [5, 5.41) is 26.1. The lowest BCUT2D eigenvalue weighted by molar-refractivity contribution is -0.129. The van der Waals surface area contributed by atoms with Crippen LogP contribution in [-0.4, -0.2) is 71.9 Å². The summed E-state index contributed by atoms with van der Waals surface area (Å²) in [5.74, 6) is 1.01. The first-order chi connectivity index (χ1) is 17.0. The van der Waals surface area contributed by atoms with Gasteiger partial charge in [0.1, 0.15) is 0 Å². The Morgan fingerprint density at radius 3 is 2.89 bits per heavy atom. The van der Waals surface area contributed by atoms with Gasteiger partial charge in [0, 0.05) is 80.9 Å². The van der Waals surface area contributed by atoms with Crippen LogP contribution in [0.4, 0.5) is 11.5 Å². The highest BCUT2D eigenvalue weighted by Gasteiger charge is 2.35. The van der Waals surface area contributed by atoms with Gasteiger partial charge < -0.3 is 30.4 Å². The maximum absolute atomic E-state index is 12.2. The SMILES string of the molecule is CN/C=C(\C=N)c1ccc2c(c1)[C@@H](CO)CCN2c1nn([C@H]2CCOC2)c2c1CN(C(C)=O)CC2. The number of nitrogens with zero attached hydrogens (tertiary/aromatic N) is 4. The molecule has 0 saturated carbocycles. The first-order valence-corrected chi connectivity index (χ1v) is 12.4. The fraction of sp³-hybridized carbons (Fsp3) is 0.500. The van der Waals surface area contributed by atoms with Crippen molar-refractivity contribution in [3.8, 4) is 0 Å². The molecular weight excluding hydrogens is 444 g/mol. The van der Waals surface area contributed by atoms with Crippen LogP contribution >= 0.6 is 0 Å². The summed E-state index contributed by atoms with van der Waals surface area (Å²) in [6, 6.07) is 6.41. The zero-order valence-corrected chi connectivity index (χ0v) is 20.5. The molecule has 2 atom stereocenters. The van der Waals surface area contributed by atoms with Crippen molar-refractivity contribution >= 4 is 29.2 Å². The molecule has 0 aliphatic carbocycles. The predicted molar refractivity (Wildman–Crippen MR) is 135 cm³/mol. The van der Waals surface area contributed by atoms with E-state index >= 15 is 0 Å². The lowest BCUT2D eigenvalue weighted by Crippen LogP contribution is -2.36. The van der Waals surface area contributed by atoms with E-state index in [0.717, 1.165) is 66.2 Å². The number of hydrogen-bond donors (Lipinski definition) is 3. The number of carbonyl (C=O) groups is 1. The second-order valence-corrected chi connectivity index (χ2v) is 9.53. The summed E-state index contributed by atoms with van der Waals surface area (Å²) in [5.41, 5.74) is 6.13. The van der Waals surface area contributed by atoms with Crippen LogP contribution in [0.1, 0.15) is 54.1 Å². The molecule has 186 valence electrons. The molecule has 2 aromatic rings. The van der Waals surface area contributed by atoms with Gasteiger partial charge in [0.05, 0.1) is 25.8 Å². The fourth-order valence-corrected chi connectivity index (χ4v) is 5.57. The van der Waals surface area contributed by atoms with Crippen molar-refractivity contribution in [3.63, 3.8) is 0 Å². The minimum Gasteiger partial charge on any atom is -0.396 e. The van der Waals surface area contributed by atoms with E-state index in [1.165, 1.54) is 11.9 Å². The number of rotatable bonds is 6. The lowest BCUT2D eigenvalue weighted by Gasteiger charge is -2.35. The highest BCUT2D eigenvalue weighted by atomic mass is 16.5. The van der Waals surface area contributed by atoms with E-state index in [0.29, 0.717) is 19.7 Å². The van der Waals surface area contributed by atoms with Gasteiger partial charge in [0.15, 0.2) is 5.82 Å². The molecule has 1 aromatic carbocycles. The van der Waals surface area contributed by atoms with Crippen LogP contribution < -0.4 is 10.2 Å². The molecule has 0 radical (unpaired) electrons. The summed E-state index contributed by atoms with van der Waals surface area (Å²) in [6.07, 6.45) is 5.68. The van der Waals surface area contributed by atoms with Crippen molar-refractivity contribution in [2.45, 2.75) is 44.7 Å². The maximum Gasteiger partial charge on any atom is 0.219 e. The normalized spacial score (nSPS) is 22.1. The number of aliphatic hydroxyl groups excluding tert-OH is 1. The molecule has 1 fully saturated rings. The summed E-state index contributed by atoms with van der Waals surface area (Å²) in [7, 11) is 1.82. The van der Waals surface area contributed by atoms with Crippen LogP contribution in [0.2, 0.25) is 0 Å². The maximum atomic E-state index is 12.2. The summed E-state index contributed by atoms with van der Waals surface area (Å²) in [4.78, 5) is 16.4. The molecule has 1 saturated heterocycles. The largest absolute Gasteiger partial charge is 0.396 e. The van der Waals surface area contributed by atoms with Gasteiger partial charge in [-0.2, -0.15) is 5.10 Å². The van der Waals surface area contributed by atoms with Crippen molar-refractivity contribution in [1.29, 1.82) is 5.41 Å². The first-order valence-electron chi connectivity index (χ1n) is 12.4. The quantitative estimate of drug-likeness (QED) is 0.551. The van der Waals surface area contributed by atoms with Crippen molar-refractivity contribution in [1.82, 2.24) is 20.0 Å². The fourth-order valence-electron chi connectivity index (χ4n) is 5.57. The topological polar surface area (TPSA) is 107 Å². The minimum absolute atomic E-state index is 0.0256. The average molecular weight is 479 g/mol. The number of nitrogens with one attached hydrogen (secondary N) is 2. The monoisotopic (exact) mass is 478 g/mol. The molecule has 9 nitrogen and oxygen atoms in total. The van der Waals surface area contributed by atoms with Crippen molar-refractivity contribution < 1.29 is 14.6 Å². The Kier molecular flexibility index (Phi) is 6.62. The molecule has 3 N–H and O–H groups in total. The number of benzene rings is 1. The van der Waals surface area contributed by atoms with Crippen molar-refractivity contribution in [2.75, 3.05) is 44.9 Å². The molecule has 1 aromatic heterocycles. The van der Waals surface area contributed by atoms with E-state index in [1.807, 2.05) is 18.0 Å². The number of amides is 1. The summed E-state index contributed by atoms with van der Waals surface area (Å²) < 4.78 is 7.83. The Bertz CT molecular complexity index is 1150. The number of aromatic nitrogens is 2. The summed E-state index contributed by atoms with van der Waals surface area (Å²) >= 11 is 0. The zero-order valence-electron chi connectivity index (χ0n) is 20.5. The van der Waals surface area contributed by atoms with Crippen LogP contribution in [0.25, 0.3) is 5.57 Å². The number of hydrogen-bond acceptors (Lipinski definition) is 7. The third-order valence-electron chi connectivity index (χ3n) is 7.49. The van der Waals surface area contributed by atoms with Gasteiger partial charge in [-0.1, -0.05) is 6.07 Å². The van der Waals surface area contributed by atoms with E-state index in [1.54, 1.807) is 13.1 Å². The number of aliphatic hydroxyl groups is 1. The zero-order chi connectivity index (χ0) is 24.5. The van der Waals surface area contributed by atoms with Crippen LogP contribution in [0.3, 0.4) is 0 Å². The van der Waals surface area contributed by atoms with Crippen LogP contribution in [-0.2, 0) is 22.5 Å². The molecule has 5 rings (SSSR count). The molecule has 35 heavy (non-hydrogen) atoms. The highest BCUT2D eigenvalue weighted by Crippen LogP contribution is 2.43. The number of carbonyl (C=O) groups excluding carboxylic acids is 1. The second-order valence-electron chi connectivity index (χ2n) is 9.53. The van der Waals surface area contributed by atoms with Gasteiger partial charge in [-0.15, -0.1) is 0 Å². The molecule has 1 amide bonds. The Hall–Kier alpha value is -3.17. The Balaban J connectivity index is 1.60. The minimum atomic E-state index is 0.0256. The van der Waals surface area contributed by atoms with Gasteiger partial charge in [0.2, 0.25) is 5.91 Å². The van der Waals surface area contributed by atoms with E-state index < -0.39 is 0 Å². The Labute approximate surface area is 205 Å². The standard InChI is InChI=1S/C26H34N6O3/c1-17(34)30-8-6-25-23(14-30)26(29-32(25)21-7-10-35-16-21)31-9-5-19(15-33)22-11-18(3-4-24(22)31)20(12-27)13-28-2/h3-4,11-13,19,21,27-28,33H,5-10,14-16H2,1-2H3/b20-13+,27-12?/t19-,21+/m1/s1. The Morgan fingerprint density at radius 1 is 1.34 bits per heavy atom. The van der Waals surface area contributed by atoms with E-state index in [2.05, 4.69) is 27.0 Å². The number of ether oxygens (including phenoxy) is 1. The molecule has 0 spiro atoms. The third-order valence-corrected chi connectivity index (χ3v) is 7.49. The predicted octanol–water partition coefficient (Wildman–Crippen LogP) is 2.58. The molecule has 3 aliphatic heterocycles. The highest BCUT2D eigenvalue weighted by molar-refractivity contribution is 6.08. The van der Waals surface area contributed by atoms with Gasteiger partial charge in [-0.25, -0.2) is 0 Å². The molecule has 0 bridgehead atoms. The smallest absolute Gasteiger partial charge is 0.219 e. The van der Waals surface area contributed by atoms with E-state index in [9.17, 15) is 9.90 Å². The van der Waals surface area contributed by atoms with Gasteiger partial charge in [-0.05, 0) is 36.1 Å². The Morgan fingerprint density at radius 2 is 2.20 bits per heavy atom. The van der Waals surface area contributed by atoms with E-state index in [4.69, 9.17) is 15.2 Å². The van der Waals surface area contributed by atoms with Gasteiger partial charge in [-0.3, -0.25) is 9.48 Å². The van der Waals surface area contributed by atoms with Crippen LogP contribution in [0, 0.1) is 5.41 Å². The van der Waals surface area contributed by atoms with Gasteiger partial charge >= 0.3 is 0 Å². The molecule has 0 unspecified atom stereocenters. The van der Waals surface area contributed by atoms with E-state index in [-0.39, 0.29) is 24.5 Å². The molecule has 9 heteroatoms. The van der Waals surface area contributed by atoms with Crippen LogP contribution in [0.5, 0.6) is 0 Å². The molecular formula is C26H34N6O3. The lowest BCUT2D eigenvalue weighted by atomic mass is 9.88. The van der Waals surface area contributed by atoms with Crippen molar-refractivity contribution in [3.05, 3.63) is 46.8 Å². The van der Waals surface area contributed by atoms with Gasteiger partial charge in [0.25, 0.3) is 0 Å².